The Labute approximate surface area is 482 Å². The van der Waals surface area contributed by atoms with Crippen LogP contribution in [0.3, 0.4) is 0 Å². The van der Waals surface area contributed by atoms with Crippen LogP contribution in [0.25, 0.3) is 22.3 Å². The maximum atomic E-state index is 12.5. The molecule has 0 radical (unpaired) electrons. The summed E-state index contributed by atoms with van der Waals surface area (Å²) in [5.74, 6) is 1.26. The molecule has 4 unspecified atom stereocenters. The third-order valence-electron chi connectivity index (χ3n) is 17.3. The van der Waals surface area contributed by atoms with Crippen LogP contribution >= 0.6 is 0 Å². The number of nitrogens with one attached hydrogen (secondary N) is 2. The first-order valence-electron chi connectivity index (χ1n) is 29.4. The number of likely N-dealkylation sites (tertiary alicyclic amines) is 4. The van der Waals surface area contributed by atoms with Gasteiger partial charge in [0.15, 0.2) is 53.7 Å². The van der Waals surface area contributed by atoms with Gasteiger partial charge in [-0.1, -0.05) is 0 Å². The van der Waals surface area contributed by atoms with Crippen molar-refractivity contribution in [3.63, 3.8) is 0 Å². The Kier molecular flexibility index (Phi) is 17.3. The third kappa shape index (κ3) is 12.9. The topological polar surface area (TPSA) is 397 Å². The Morgan fingerprint density at radius 3 is 1.46 bits per heavy atom. The van der Waals surface area contributed by atoms with Gasteiger partial charge < -0.3 is 81.1 Å². The van der Waals surface area contributed by atoms with Gasteiger partial charge in [-0.2, -0.15) is 0 Å². The number of aliphatic hydroxyl groups excluding tert-OH is 4. The molecule has 6 saturated heterocycles. The molecule has 2 aliphatic carbocycles. The van der Waals surface area contributed by atoms with E-state index in [0.29, 0.717) is 104 Å². The molecular weight excluding hydrogens is 1100 g/mol. The van der Waals surface area contributed by atoms with Crippen molar-refractivity contribution in [2.75, 3.05) is 64.8 Å². The molecule has 10 atom stereocenters. The Morgan fingerprint density at radius 1 is 0.607 bits per heavy atom. The quantitative estimate of drug-likeness (QED) is 0.0695. The summed E-state index contributed by atoms with van der Waals surface area (Å²) >= 11 is 0. The number of nitrogens with zero attached hydrogens (tertiary/aromatic N) is 12. The number of aliphatic hydroxyl groups is 4. The molecule has 8 fully saturated rings. The fourth-order valence-electron chi connectivity index (χ4n) is 11.9. The van der Waals surface area contributed by atoms with Crippen molar-refractivity contribution in [1.29, 1.82) is 0 Å². The summed E-state index contributed by atoms with van der Waals surface area (Å²) in [6.45, 7) is 3.44. The average Bonchev–Trinajstić information content (AvgIpc) is 3.46. The van der Waals surface area contributed by atoms with E-state index in [4.69, 9.17) is 30.4 Å². The molecule has 6 amide bonds. The van der Waals surface area contributed by atoms with E-state index in [1.807, 2.05) is 0 Å². The highest BCUT2D eigenvalue weighted by molar-refractivity contribution is 5.86. The van der Waals surface area contributed by atoms with Crippen LogP contribution in [0.1, 0.15) is 114 Å². The molecule has 4 aromatic rings. The molecule has 30 heteroatoms. The number of nitrogens with two attached hydrogens (primary N) is 2. The highest BCUT2D eigenvalue weighted by Crippen LogP contribution is 2.36. The number of ether oxygens (including phenoxy) is 4. The maximum Gasteiger partial charge on any atom is 0.410 e. The maximum absolute atomic E-state index is 12.5. The molecule has 0 bridgehead atoms. The molecule has 30 nitrogen and oxygen atoms in total. The predicted molar refractivity (Wildman–Crippen MR) is 293 cm³/mol. The van der Waals surface area contributed by atoms with E-state index in [1.54, 1.807) is 33.7 Å². The van der Waals surface area contributed by atoms with Gasteiger partial charge in [0.1, 0.15) is 53.2 Å². The van der Waals surface area contributed by atoms with Gasteiger partial charge in [-0.25, -0.2) is 39.5 Å². The largest absolute Gasteiger partial charge is 0.444 e. The number of imidazole rings is 2. The highest BCUT2D eigenvalue weighted by atomic mass is 16.6. The summed E-state index contributed by atoms with van der Waals surface area (Å²) in [7, 11) is 3.42. The summed E-state index contributed by atoms with van der Waals surface area (Å²) in [6, 6.07) is 0.184. The Bertz CT molecular complexity index is 3090. The molecule has 10 N–H and O–H groups in total. The standard InChI is InChI=1S/2C27H38N8O7/c1-33-10-9-16(25(33)39)41-27(40)34-11-7-14(8-12-34)3-2-4-17-31-22(28)18-23(32-17)35(13-29-18)26-20(37)19(36)21(42-26)24(38)30-15-5-6-15;1-33-12-16(11-18(33)36)41-27(40)34-9-7-14(8-10-34)3-2-4-17-31-23(28)19-24(32-17)35(13-29-19)26-21(38)20(37)22(42-26)25(39)30-15-5-6-15/h13-16,19-21,26,36-37H,2-12H2,1H3,(H,30,38)(H2,28,31,32);13-16,20-22,26,37-38H,2-12H2,1H3,(H,30,39)(H2,28,31,32)/t16?,19-,20?,21+,26-;16?,20-,21?,22+,26-/m11/s1. The van der Waals surface area contributed by atoms with E-state index in [-0.39, 0.29) is 54.2 Å². The zero-order valence-corrected chi connectivity index (χ0v) is 47.2. The van der Waals surface area contributed by atoms with Crippen LogP contribution in [0.15, 0.2) is 12.7 Å². The zero-order valence-electron chi connectivity index (χ0n) is 47.2. The molecule has 10 heterocycles. The Balaban J connectivity index is 0.000000175. The van der Waals surface area contributed by atoms with Gasteiger partial charge in [0, 0.05) is 78.2 Å². The third-order valence-corrected chi connectivity index (χ3v) is 17.3. The number of rotatable bonds is 16. The smallest absolute Gasteiger partial charge is 0.410 e. The number of aromatic nitrogens is 8. The lowest BCUT2D eigenvalue weighted by Gasteiger charge is -2.32. The van der Waals surface area contributed by atoms with Crippen molar-refractivity contribution in [1.82, 2.24) is 69.3 Å². The average molecular weight is 1170 g/mol. The molecule has 2 saturated carbocycles. The van der Waals surface area contributed by atoms with Crippen molar-refractivity contribution in [3.05, 3.63) is 24.3 Å². The first-order chi connectivity index (χ1) is 40.4. The predicted octanol–water partition coefficient (Wildman–Crippen LogP) is -0.583. The van der Waals surface area contributed by atoms with Crippen LogP contribution in [0.4, 0.5) is 21.2 Å². The summed E-state index contributed by atoms with van der Waals surface area (Å²) in [4.78, 5) is 107. The lowest BCUT2D eigenvalue weighted by molar-refractivity contribution is -0.138. The lowest BCUT2D eigenvalue weighted by atomic mass is 9.91. The normalized spacial score (nSPS) is 28.5. The first kappa shape index (κ1) is 58.6. The van der Waals surface area contributed by atoms with Crippen molar-refractivity contribution in [3.8, 4) is 0 Å². The van der Waals surface area contributed by atoms with Crippen LogP contribution in [-0.2, 0) is 51.0 Å². The monoisotopic (exact) mass is 1170 g/mol. The number of likely N-dealkylation sites (N-methyl/N-ethyl adjacent to an activating group) is 2. The summed E-state index contributed by atoms with van der Waals surface area (Å²) < 4.78 is 25.5. The molecule has 456 valence electrons. The van der Waals surface area contributed by atoms with Gasteiger partial charge in [-0.15, -0.1) is 0 Å². The Morgan fingerprint density at radius 2 is 1.06 bits per heavy atom. The van der Waals surface area contributed by atoms with Crippen LogP contribution in [-0.4, -0.2) is 229 Å². The molecule has 0 spiro atoms. The molecule has 0 aromatic carbocycles. The fraction of sp³-hybridized carbons (Fsp3) is 0.704. The van der Waals surface area contributed by atoms with E-state index in [2.05, 4.69) is 40.5 Å². The van der Waals surface area contributed by atoms with Gasteiger partial charge in [0.25, 0.3) is 17.7 Å². The molecule has 6 aliphatic heterocycles. The number of fused-ring (bicyclic) bond motifs is 2. The van der Waals surface area contributed by atoms with Gasteiger partial charge in [-0.05, 0) is 88.9 Å². The highest BCUT2D eigenvalue weighted by Gasteiger charge is 2.50. The minimum absolute atomic E-state index is 0.00840. The number of carbonyl (C=O) groups excluding carboxylic acids is 6. The molecule has 4 aromatic heterocycles. The second-order valence-corrected chi connectivity index (χ2v) is 23.7. The van der Waals surface area contributed by atoms with E-state index < -0.39 is 73.1 Å². The minimum atomic E-state index is -1.40. The summed E-state index contributed by atoms with van der Waals surface area (Å²) in [5, 5.41) is 48.0. The second kappa shape index (κ2) is 24.8. The summed E-state index contributed by atoms with van der Waals surface area (Å²) in [6.07, 6.45) is 3.31. The molecule has 8 aliphatic rings. The van der Waals surface area contributed by atoms with Gasteiger partial charge >= 0.3 is 12.2 Å². The van der Waals surface area contributed by atoms with E-state index in [9.17, 15) is 49.2 Å². The van der Waals surface area contributed by atoms with Crippen molar-refractivity contribution < 1.29 is 68.1 Å². The molecule has 84 heavy (non-hydrogen) atoms. The number of hydrogen-bond donors (Lipinski definition) is 8. The number of anilines is 2. The van der Waals surface area contributed by atoms with E-state index in [1.165, 1.54) is 21.8 Å². The zero-order chi connectivity index (χ0) is 59.1. The van der Waals surface area contributed by atoms with Gasteiger partial charge in [0.05, 0.1) is 25.6 Å². The van der Waals surface area contributed by atoms with E-state index >= 15 is 0 Å². The van der Waals surface area contributed by atoms with Crippen molar-refractivity contribution in [2.45, 2.75) is 176 Å². The number of hydrogen-bond acceptors (Lipinski definition) is 22. The van der Waals surface area contributed by atoms with Crippen LogP contribution in [0.5, 0.6) is 0 Å². The SMILES string of the molecule is CN1CC(OC(=O)N2CCC(CCCc3nc(N)c4ncn([C@@H]5O[C@H](C(=O)NC6CC6)[C@H](O)C5O)c4n3)CC2)CC1=O.CN1CCC(OC(=O)N2CCC(CCCc3nc(N)c4ncn([C@@H]5O[C@H](C(=O)NC6CC6)[C@H](O)C5O)c4n3)CC2)C1=O. The molecule has 12 rings (SSSR count). The van der Waals surface area contributed by atoms with Crippen LogP contribution < -0.4 is 22.1 Å². The van der Waals surface area contributed by atoms with Crippen LogP contribution in [0, 0.1) is 11.8 Å². The second-order valence-electron chi connectivity index (χ2n) is 23.7. The number of nitrogen functional groups attached to an aromatic ring is 2. The van der Waals surface area contributed by atoms with E-state index in [0.717, 1.165) is 77.0 Å². The van der Waals surface area contributed by atoms with Gasteiger partial charge in [0.2, 0.25) is 5.91 Å². The number of carbonyl (C=O) groups is 6. The molecular formula is C54H76N16O14. The fourth-order valence-corrected chi connectivity index (χ4v) is 11.9. The Hall–Kier alpha value is -7.12. The number of amides is 6. The van der Waals surface area contributed by atoms with Crippen LogP contribution in [0.2, 0.25) is 0 Å². The van der Waals surface area contributed by atoms with Gasteiger partial charge in [-0.3, -0.25) is 28.3 Å². The first-order valence-corrected chi connectivity index (χ1v) is 29.4. The number of aryl methyl sites for hydroxylation is 2. The van der Waals surface area contributed by atoms with Crippen molar-refractivity contribution >= 4 is 69.8 Å². The lowest BCUT2D eigenvalue weighted by Crippen LogP contribution is -2.43. The van der Waals surface area contributed by atoms with Crippen molar-refractivity contribution in [2.24, 2.45) is 11.8 Å². The number of piperidine rings is 2. The minimum Gasteiger partial charge on any atom is -0.444 e. The summed E-state index contributed by atoms with van der Waals surface area (Å²) in [5.41, 5.74) is 13.8.